The molecular formula is C5H4ClN2+. The Kier molecular flexibility index (Phi) is 1.35. The van der Waals surface area contributed by atoms with Gasteiger partial charge in [0.25, 0.3) is 0 Å². The Morgan fingerprint density at radius 1 is 1.62 bits per heavy atom. The molecule has 40 valence electrons. The van der Waals surface area contributed by atoms with E-state index in [0.717, 1.165) is 0 Å². The normalized spacial score (nSPS) is 9.12. The maximum Gasteiger partial charge on any atom is 0.227 e. The summed E-state index contributed by atoms with van der Waals surface area (Å²) in [6, 6.07) is 1.69. The van der Waals surface area contributed by atoms with Crippen molar-refractivity contribution in [3.05, 3.63) is 30.2 Å². The van der Waals surface area contributed by atoms with Gasteiger partial charge >= 0.3 is 0 Å². The molecule has 0 aliphatic rings. The van der Waals surface area contributed by atoms with Crippen molar-refractivity contribution in [2.24, 2.45) is 0 Å². The van der Waals surface area contributed by atoms with Crippen LogP contribution < -0.4 is 0 Å². The molecule has 0 saturated heterocycles. The van der Waals surface area contributed by atoms with Crippen LogP contribution in [0.3, 0.4) is 0 Å². The number of hydrogen-bond acceptors (Lipinski definition) is 2. The van der Waals surface area contributed by atoms with E-state index in [2.05, 4.69) is 16.9 Å². The summed E-state index contributed by atoms with van der Waals surface area (Å²) in [7, 11) is 0. The first-order chi connectivity index (χ1) is 3.79. The Bertz CT molecular complexity index is 170. The molecule has 0 aromatic carbocycles. The fraction of sp³-hybridized carbons (Fsp3) is 0. The van der Waals surface area contributed by atoms with Crippen LogP contribution in [0.1, 0.15) is 5.69 Å². The second-order valence-corrected chi connectivity index (χ2v) is 1.66. The Morgan fingerprint density at radius 3 is 2.75 bits per heavy atom. The summed E-state index contributed by atoms with van der Waals surface area (Å²) >= 11 is 5.38. The molecule has 3 heteroatoms. The molecule has 0 N–H and O–H groups in total. The predicted molar refractivity (Wildman–Crippen MR) is 31.5 cm³/mol. The van der Waals surface area contributed by atoms with Gasteiger partial charge in [-0.15, -0.1) is 0 Å². The third-order valence-corrected chi connectivity index (χ3v) is 0.866. The summed E-state index contributed by atoms with van der Waals surface area (Å²) in [5, 5.41) is 0.248. The molecule has 0 radical (unpaired) electrons. The zero-order valence-corrected chi connectivity index (χ0v) is 4.89. The number of hydrogen-bond donors (Lipinski definition) is 0. The number of aromatic nitrogens is 2. The first-order valence-corrected chi connectivity index (χ1v) is 2.47. The van der Waals surface area contributed by atoms with Crippen LogP contribution in [-0.4, -0.2) is 9.97 Å². The lowest BCUT2D eigenvalue weighted by atomic mass is 10.5. The minimum atomic E-state index is 0.248. The molecule has 1 heterocycles. The van der Waals surface area contributed by atoms with Crippen LogP contribution in [-0.2, 0) is 0 Å². The van der Waals surface area contributed by atoms with Crippen LogP contribution in [0.25, 0.3) is 0 Å². The van der Waals surface area contributed by atoms with E-state index < -0.39 is 0 Å². The van der Waals surface area contributed by atoms with Crippen molar-refractivity contribution in [1.82, 2.24) is 9.97 Å². The fourth-order valence-electron chi connectivity index (χ4n) is 0.369. The molecule has 0 fully saturated rings. The SMILES string of the molecule is [CH2+]c1ccnc(Cl)n1. The molecular weight excluding hydrogens is 124 g/mol. The van der Waals surface area contributed by atoms with E-state index in [9.17, 15) is 0 Å². The van der Waals surface area contributed by atoms with Gasteiger partial charge in [-0.05, 0) is 11.6 Å². The highest BCUT2D eigenvalue weighted by atomic mass is 35.5. The molecule has 0 aliphatic heterocycles. The van der Waals surface area contributed by atoms with Crippen LogP contribution in [0.4, 0.5) is 0 Å². The van der Waals surface area contributed by atoms with Crippen molar-refractivity contribution in [2.75, 3.05) is 0 Å². The topological polar surface area (TPSA) is 25.8 Å². The number of nitrogens with zero attached hydrogens (tertiary/aromatic N) is 2. The van der Waals surface area contributed by atoms with Crippen molar-refractivity contribution in [2.45, 2.75) is 0 Å². The minimum Gasteiger partial charge on any atom is -0.204 e. The van der Waals surface area contributed by atoms with E-state index in [0.29, 0.717) is 5.69 Å². The van der Waals surface area contributed by atoms with E-state index in [-0.39, 0.29) is 5.28 Å². The van der Waals surface area contributed by atoms with Crippen molar-refractivity contribution < 1.29 is 0 Å². The van der Waals surface area contributed by atoms with Crippen molar-refractivity contribution in [3.63, 3.8) is 0 Å². The van der Waals surface area contributed by atoms with Gasteiger partial charge in [0.05, 0.1) is 6.92 Å². The summed E-state index contributed by atoms with van der Waals surface area (Å²) in [4.78, 5) is 7.37. The second kappa shape index (κ2) is 2.01. The second-order valence-electron chi connectivity index (χ2n) is 1.32. The van der Waals surface area contributed by atoms with Gasteiger partial charge in [0.1, 0.15) is 12.3 Å². The Labute approximate surface area is 52.5 Å². The first-order valence-electron chi connectivity index (χ1n) is 2.09. The Morgan fingerprint density at radius 2 is 2.38 bits per heavy atom. The predicted octanol–water partition coefficient (Wildman–Crippen LogP) is 1.31. The smallest absolute Gasteiger partial charge is 0.204 e. The quantitative estimate of drug-likeness (QED) is 0.388. The Hall–Kier alpha value is -0.760. The number of rotatable bonds is 0. The van der Waals surface area contributed by atoms with Gasteiger partial charge in [-0.25, -0.2) is 4.98 Å². The van der Waals surface area contributed by atoms with Crippen LogP contribution in [0.15, 0.2) is 12.3 Å². The van der Waals surface area contributed by atoms with Gasteiger partial charge < -0.3 is 0 Å². The summed E-state index contributed by atoms with van der Waals surface area (Å²) in [5.41, 5.74) is 0.644. The van der Waals surface area contributed by atoms with Crippen LogP contribution >= 0.6 is 11.6 Å². The van der Waals surface area contributed by atoms with E-state index >= 15 is 0 Å². The molecule has 0 unspecified atom stereocenters. The molecule has 0 spiro atoms. The van der Waals surface area contributed by atoms with Crippen molar-refractivity contribution >= 4 is 11.6 Å². The van der Waals surface area contributed by atoms with Crippen molar-refractivity contribution in [3.8, 4) is 0 Å². The summed E-state index contributed by atoms with van der Waals surface area (Å²) in [5.74, 6) is 0. The molecule has 0 bridgehead atoms. The monoisotopic (exact) mass is 127 g/mol. The molecule has 8 heavy (non-hydrogen) atoms. The summed E-state index contributed by atoms with van der Waals surface area (Å²) in [6.07, 6.45) is 1.57. The zero-order valence-electron chi connectivity index (χ0n) is 4.13. The van der Waals surface area contributed by atoms with Gasteiger partial charge in [0.2, 0.25) is 11.0 Å². The largest absolute Gasteiger partial charge is 0.227 e. The Balaban J connectivity index is 3.08. The highest BCUT2D eigenvalue weighted by molar-refractivity contribution is 6.28. The van der Waals surface area contributed by atoms with Crippen molar-refractivity contribution in [1.29, 1.82) is 0 Å². The van der Waals surface area contributed by atoms with Gasteiger partial charge in [-0.1, -0.05) is 0 Å². The molecule has 1 rings (SSSR count). The summed E-state index contributed by atoms with van der Waals surface area (Å²) < 4.78 is 0. The fourth-order valence-corrected chi connectivity index (χ4v) is 0.534. The first kappa shape index (κ1) is 5.38. The molecule has 0 atom stereocenters. The lowest BCUT2D eigenvalue weighted by Crippen LogP contribution is -1.82. The maximum absolute atomic E-state index is 5.38. The highest BCUT2D eigenvalue weighted by Crippen LogP contribution is 1.97. The van der Waals surface area contributed by atoms with Gasteiger partial charge in [-0.3, -0.25) is 0 Å². The van der Waals surface area contributed by atoms with Gasteiger partial charge in [-0.2, -0.15) is 4.98 Å². The lowest BCUT2D eigenvalue weighted by Gasteiger charge is -1.80. The minimum absolute atomic E-state index is 0.248. The molecule has 0 aliphatic carbocycles. The average Bonchev–Trinajstić information content (AvgIpc) is 1.64. The molecule has 2 nitrogen and oxygen atoms in total. The van der Waals surface area contributed by atoms with Crippen LogP contribution in [0.5, 0.6) is 0 Å². The standard InChI is InChI=1S/C5H4ClN2/c1-4-2-3-7-5(6)8-4/h2-3H,1H2/q+1. The maximum atomic E-state index is 5.38. The lowest BCUT2D eigenvalue weighted by molar-refractivity contribution is 1.14. The third-order valence-electron chi connectivity index (χ3n) is 0.684. The molecule has 1 aromatic heterocycles. The van der Waals surface area contributed by atoms with E-state index in [1.54, 1.807) is 12.3 Å². The third kappa shape index (κ3) is 1.10. The highest BCUT2D eigenvalue weighted by Gasteiger charge is 1.93. The zero-order chi connectivity index (χ0) is 5.98. The average molecular weight is 128 g/mol. The van der Waals surface area contributed by atoms with E-state index in [1.165, 1.54) is 0 Å². The van der Waals surface area contributed by atoms with E-state index in [4.69, 9.17) is 11.6 Å². The summed E-state index contributed by atoms with van der Waals surface area (Å²) in [6.45, 7) is 3.55. The van der Waals surface area contributed by atoms with E-state index in [1.807, 2.05) is 0 Å². The van der Waals surface area contributed by atoms with Crippen LogP contribution in [0, 0.1) is 6.92 Å². The molecule has 1 aromatic rings. The van der Waals surface area contributed by atoms with Crippen LogP contribution in [0.2, 0.25) is 5.28 Å². The van der Waals surface area contributed by atoms with Gasteiger partial charge in [0.15, 0.2) is 0 Å². The molecule has 0 saturated carbocycles. The molecule has 0 amide bonds. The number of halogens is 1. The van der Waals surface area contributed by atoms with Gasteiger partial charge in [0, 0.05) is 0 Å².